The first-order valence-corrected chi connectivity index (χ1v) is 4.65. The Kier molecular flexibility index (Phi) is 7.92. The number of carbonyl (C=O) groups excluding carboxylic acids is 1. The number of carbonyl (C=O) groups is 1. The summed E-state index contributed by atoms with van der Waals surface area (Å²) in [7, 11) is -4.50. The van der Waals surface area contributed by atoms with Crippen molar-refractivity contribution in [2.24, 2.45) is 0 Å². The Labute approximate surface area is 131 Å². The maximum atomic E-state index is 10.6. The van der Waals surface area contributed by atoms with Gasteiger partial charge in [-0.1, -0.05) is 25.6 Å². The summed E-state index contributed by atoms with van der Waals surface area (Å²) in [6.45, 7) is 0. The smallest absolute Gasteiger partial charge is 0.545 e. The molecule has 7 heteroatoms. The van der Waals surface area contributed by atoms with Crippen LogP contribution in [0.15, 0.2) is 29.2 Å². The van der Waals surface area contributed by atoms with Crippen LogP contribution in [0.25, 0.3) is 0 Å². The molecule has 0 fully saturated rings. The monoisotopic (exact) mass is 256 g/mol. The first-order chi connectivity index (χ1) is 5.93. The Bertz CT molecular complexity index is 440. The molecule has 0 aliphatic heterocycles. The minimum absolute atomic E-state index is 0. The van der Waals surface area contributed by atoms with Crippen molar-refractivity contribution in [3.63, 3.8) is 0 Å². The zero-order valence-corrected chi connectivity index (χ0v) is 11.2. The topological polar surface area (TPSA) is 94.5 Å². The average Bonchev–Trinajstić information content (AvgIpc) is 2.03. The van der Waals surface area contributed by atoms with Crippen molar-refractivity contribution in [3.05, 3.63) is 29.8 Å². The van der Waals surface area contributed by atoms with Gasteiger partial charge in [0.25, 0.3) is 10.1 Å². The fourth-order valence-electron chi connectivity index (χ4n) is 0.860. The summed E-state index contributed by atoms with van der Waals surface area (Å²) in [6.07, 6.45) is 0. The molecule has 0 aromatic heterocycles. The SMILES string of the molecule is C.O=C([O-])c1ccccc1S(=O)(=O)O.[K+]. The molecular weight excluding hydrogens is 247 g/mol. The number of aromatic carboxylic acids is 1. The van der Waals surface area contributed by atoms with Gasteiger partial charge in [0.2, 0.25) is 0 Å². The molecule has 0 aliphatic rings. The first-order valence-electron chi connectivity index (χ1n) is 3.21. The molecule has 5 nitrogen and oxygen atoms in total. The fourth-order valence-corrected chi connectivity index (χ4v) is 1.54. The number of carboxylic acid groups (broad SMARTS) is 1. The van der Waals surface area contributed by atoms with E-state index >= 15 is 0 Å². The molecule has 0 bridgehead atoms. The summed E-state index contributed by atoms with van der Waals surface area (Å²) in [5, 5.41) is 10.4. The van der Waals surface area contributed by atoms with E-state index < -0.39 is 26.5 Å². The van der Waals surface area contributed by atoms with Gasteiger partial charge in [0.05, 0.1) is 5.97 Å². The summed E-state index contributed by atoms with van der Waals surface area (Å²) in [5.41, 5.74) is -0.551. The van der Waals surface area contributed by atoms with Crippen LogP contribution in [-0.2, 0) is 10.1 Å². The van der Waals surface area contributed by atoms with Gasteiger partial charge in [0.15, 0.2) is 0 Å². The van der Waals surface area contributed by atoms with Crippen molar-refractivity contribution in [1.29, 1.82) is 0 Å². The van der Waals surface area contributed by atoms with Crippen molar-refractivity contribution in [1.82, 2.24) is 0 Å². The number of hydrogen-bond donors (Lipinski definition) is 1. The van der Waals surface area contributed by atoms with Gasteiger partial charge >= 0.3 is 51.4 Å². The molecule has 1 aromatic rings. The summed E-state index contributed by atoms with van der Waals surface area (Å²) in [4.78, 5) is 9.72. The van der Waals surface area contributed by atoms with Crippen molar-refractivity contribution >= 4 is 16.1 Å². The van der Waals surface area contributed by atoms with Gasteiger partial charge in [0, 0.05) is 5.56 Å². The van der Waals surface area contributed by atoms with E-state index in [0.29, 0.717) is 0 Å². The van der Waals surface area contributed by atoms with Crippen LogP contribution < -0.4 is 56.5 Å². The van der Waals surface area contributed by atoms with Gasteiger partial charge in [-0.15, -0.1) is 0 Å². The van der Waals surface area contributed by atoms with Gasteiger partial charge in [-0.2, -0.15) is 8.42 Å². The number of benzene rings is 1. The molecule has 1 N–H and O–H groups in total. The Balaban J connectivity index is 0. The predicted molar refractivity (Wildman–Crippen MR) is 47.3 cm³/mol. The summed E-state index contributed by atoms with van der Waals surface area (Å²) in [6, 6.07) is 4.66. The zero-order chi connectivity index (χ0) is 10.1. The second kappa shape index (κ2) is 6.74. The van der Waals surface area contributed by atoms with E-state index in [9.17, 15) is 18.3 Å². The van der Waals surface area contributed by atoms with Gasteiger partial charge in [0.1, 0.15) is 4.90 Å². The van der Waals surface area contributed by atoms with Gasteiger partial charge in [-0.3, -0.25) is 4.55 Å². The van der Waals surface area contributed by atoms with Crippen LogP contribution in [-0.4, -0.2) is 18.9 Å². The molecule has 0 aliphatic carbocycles. The molecule has 0 heterocycles. The predicted octanol–water partition coefficient (Wildman–Crippen LogP) is -3.06. The van der Waals surface area contributed by atoms with Gasteiger partial charge in [-0.05, 0) is 6.07 Å². The van der Waals surface area contributed by atoms with Crippen LogP contribution >= 0.6 is 0 Å². The first kappa shape index (κ1) is 17.6. The van der Waals surface area contributed by atoms with Crippen molar-refractivity contribution in [2.45, 2.75) is 12.3 Å². The molecule has 0 saturated carbocycles. The minimum Gasteiger partial charge on any atom is -0.545 e. The third-order valence-electron chi connectivity index (χ3n) is 1.38. The van der Waals surface area contributed by atoms with E-state index in [1.807, 2.05) is 0 Å². The standard InChI is InChI=1S/C7H6O5S.CH4.K/c8-7(9)5-3-1-2-4-6(5)13(10,11)12;;/h1-4H,(H,8,9)(H,10,11,12);1H4;/q;;+1/p-1. The van der Waals surface area contributed by atoms with Crippen LogP contribution in [0.1, 0.15) is 17.8 Å². The molecule has 78 valence electrons. The van der Waals surface area contributed by atoms with Gasteiger partial charge < -0.3 is 9.90 Å². The Morgan fingerprint density at radius 1 is 1.27 bits per heavy atom. The third kappa shape index (κ3) is 4.73. The Morgan fingerprint density at radius 2 is 1.73 bits per heavy atom. The molecule has 0 saturated heterocycles. The van der Waals surface area contributed by atoms with Crippen molar-refractivity contribution in [3.8, 4) is 0 Å². The molecule has 0 spiro atoms. The van der Waals surface area contributed by atoms with Crippen LogP contribution in [0, 0.1) is 0 Å². The summed E-state index contributed by atoms with van der Waals surface area (Å²) in [5.74, 6) is -1.65. The maximum Gasteiger partial charge on any atom is 1.00 e. The number of hydrogen-bond acceptors (Lipinski definition) is 4. The molecule has 0 unspecified atom stereocenters. The molecule has 15 heavy (non-hydrogen) atoms. The Morgan fingerprint density at radius 3 is 2.07 bits per heavy atom. The molecular formula is C8H9KO5S. The molecule has 0 amide bonds. The maximum absolute atomic E-state index is 10.6. The van der Waals surface area contributed by atoms with Crippen molar-refractivity contribution in [2.75, 3.05) is 0 Å². The zero-order valence-electron chi connectivity index (χ0n) is 7.30. The normalized spacial score (nSPS) is 9.67. The van der Waals surface area contributed by atoms with Crippen LogP contribution in [0.5, 0.6) is 0 Å². The molecule has 0 radical (unpaired) electrons. The molecule has 1 rings (SSSR count). The van der Waals surface area contributed by atoms with Crippen LogP contribution in [0.2, 0.25) is 0 Å². The average molecular weight is 256 g/mol. The molecule has 0 atom stereocenters. The van der Waals surface area contributed by atoms with E-state index in [2.05, 4.69) is 0 Å². The Hall–Kier alpha value is 0.236. The van der Waals surface area contributed by atoms with Crippen LogP contribution in [0.3, 0.4) is 0 Å². The number of carboxylic acids is 1. The minimum atomic E-state index is -4.50. The van der Waals surface area contributed by atoms with E-state index in [1.165, 1.54) is 12.1 Å². The molecule has 1 aromatic carbocycles. The van der Waals surface area contributed by atoms with E-state index in [-0.39, 0.29) is 58.8 Å². The van der Waals surface area contributed by atoms with Gasteiger partial charge in [-0.25, -0.2) is 0 Å². The third-order valence-corrected chi connectivity index (χ3v) is 2.30. The van der Waals surface area contributed by atoms with Crippen LogP contribution in [0.4, 0.5) is 0 Å². The quantitative estimate of drug-likeness (QED) is 0.448. The second-order valence-electron chi connectivity index (χ2n) is 2.26. The van der Waals surface area contributed by atoms with E-state index in [1.54, 1.807) is 0 Å². The summed E-state index contributed by atoms with van der Waals surface area (Å²) >= 11 is 0. The largest absolute Gasteiger partial charge is 1.00 e. The van der Waals surface area contributed by atoms with E-state index in [4.69, 9.17) is 4.55 Å². The number of rotatable bonds is 2. The van der Waals surface area contributed by atoms with Crippen molar-refractivity contribution < 1.29 is 74.3 Å². The summed E-state index contributed by atoms with van der Waals surface area (Å²) < 4.78 is 29.8. The van der Waals surface area contributed by atoms with E-state index in [0.717, 1.165) is 12.1 Å². The second-order valence-corrected chi connectivity index (χ2v) is 3.65. The fraction of sp³-hybridized carbons (Fsp3) is 0.125.